The molecule has 6 heteroatoms. The number of amides is 1. The zero-order valence-corrected chi connectivity index (χ0v) is 12.6. The highest BCUT2D eigenvalue weighted by molar-refractivity contribution is 7.15. The average molecular weight is 303 g/mol. The van der Waals surface area contributed by atoms with Crippen LogP contribution in [0.1, 0.15) is 27.3 Å². The van der Waals surface area contributed by atoms with Crippen LogP contribution < -0.4 is 15.8 Å². The van der Waals surface area contributed by atoms with Gasteiger partial charge in [-0.15, -0.1) is 11.3 Å². The Hall–Kier alpha value is -1.92. The molecule has 0 bridgehead atoms. The monoisotopic (exact) mass is 303 g/mol. The third-order valence-corrected chi connectivity index (χ3v) is 4.57. The van der Waals surface area contributed by atoms with Gasteiger partial charge in [0.25, 0.3) is 5.91 Å². The maximum atomic E-state index is 12.2. The van der Waals surface area contributed by atoms with Crippen molar-refractivity contribution in [2.75, 3.05) is 12.4 Å². The van der Waals surface area contributed by atoms with E-state index in [1.165, 1.54) is 16.2 Å². The van der Waals surface area contributed by atoms with E-state index in [4.69, 9.17) is 10.5 Å². The van der Waals surface area contributed by atoms with Crippen molar-refractivity contribution in [1.82, 2.24) is 4.98 Å². The molecule has 0 radical (unpaired) electrons. The Morgan fingerprint density at radius 2 is 2.38 bits per heavy atom. The highest BCUT2D eigenvalue weighted by Gasteiger charge is 2.21. The minimum Gasteiger partial charge on any atom is -0.497 e. The van der Waals surface area contributed by atoms with Gasteiger partial charge in [-0.3, -0.25) is 10.1 Å². The summed E-state index contributed by atoms with van der Waals surface area (Å²) in [5, 5.41) is 3.49. The van der Waals surface area contributed by atoms with Crippen molar-refractivity contribution in [2.45, 2.75) is 25.3 Å². The molecule has 1 aromatic heterocycles. The summed E-state index contributed by atoms with van der Waals surface area (Å²) in [6, 6.07) is 7.26. The van der Waals surface area contributed by atoms with Crippen molar-refractivity contribution in [2.24, 2.45) is 5.73 Å². The van der Waals surface area contributed by atoms with Crippen molar-refractivity contribution in [3.8, 4) is 5.75 Å². The Morgan fingerprint density at radius 3 is 3.19 bits per heavy atom. The average Bonchev–Trinajstić information content (AvgIpc) is 2.88. The van der Waals surface area contributed by atoms with Crippen LogP contribution in [0.15, 0.2) is 24.3 Å². The normalized spacial score (nSPS) is 17.1. The molecule has 5 nitrogen and oxygen atoms in total. The van der Waals surface area contributed by atoms with Gasteiger partial charge >= 0.3 is 0 Å². The number of nitrogens with zero attached hydrogens (tertiary/aromatic N) is 1. The molecule has 0 fully saturated rings. The number of nitrogens with one attached hydrogen (secondary N) is 1. The van der Waals surface area contributed by atoms with Crippen molar-refractivity contribution in [3.05, 3.63) is 40.4 Å². The van der Waals surface area contributed by atoms with Gasteiger partial charge in [-0.25, -0.2) is 4.98 Å². The summed E-state index contributed by atoms with van der Waals surface area (Å²) in [5.74, 6) is 0.483. The molecule has 0 unspecified atom stereocenters. The number of ether oxygens (including phenoxy) is 1. The molecule has 1 heterocycles. The summed E-state index contributed by atoms with van der Waals surface area (Å²) >= 11 is 1.52. The number of carbonyl (C=O) groups is 1. The number of methoxy groups -OCH3 is 1. The van der Waals surface area contributed by atoms with Gasteiger partial charge in [0.2, 0.25) is 0 Å². The molecule has 0 saturated carbocycles. The first-order valence-electron chi connectivity index (χ1n) is 6.85. The van der Waals surface area contributed by atoms with Gasteiger partial charge in [0.15, 0.2) is 5.13 Å². The van der Waals surface area contributed by atoms with Crippen LogP contribution in [0.4, 0.5) is 5.13 Å². The Kier molecular flexibility index (Phi) is 3.90. The molecule has 1 aliphatic carbocycles. The molecule has 0 aliphatic heterocycles. The van der Waals surface area contributed by atoms with Crippen LogP contribution in [-0.4, -0.2) is 24.0 Å². The largest absolute Gasteiger partial charge is 0.497 e. The lowest BCUT2D eigenvalue weighted by atomic mass is 9.99. The Morgan fingerprint density at radius 1 is 1.52 bits per heavy atom. The van der Waals surface area contributed by atoms with Crippen LogP contribution in [0.5, 0.6) is 5.75 Å². The smallest absolute Gasteiger partial charge is 0.257 e. The van der Waals surface area contributed by atoms with E-state index in [0.717, 1.165) is 25.0 Å². The van der Waals surface area contributed by atoms with E-state index in [1.807, 2.05) is 0 Å². The lowest BCUT2D eigenvalue weighted by Crippen LogP contribution is -2.27. The minimum absolute atomic E-state index is 0.177. The number of thiazole rings is 1. The minimum atomic E-state index is -0.177. The maximum Gasteiger partial charge on any atom is 0.257 e. The number of aryl methyl sites for hydroxylation is 1. The summed E-state index contributed by atoms with van der Waals surface area (Å²) < 4.78 is 5.13. The van der Waals surface area contributed by atoms with Gasteiger partial charge in [-0.2, -0.15) is 0 Å². The van der Waals surface area contributed by atoms with Crippen molar-refractivity contribution >= 4 is 22.4 Å². The van der Waals surface area contributed by atoms with E-state index in [2.05, 4.69) is 10.3 Å². The summed E-state index contributed by atoms with van der Waals surface area (Å²) in [5.41, 5.74) is 7.59. The Balaban J connectivity index is 1.75. The van der Waals surface area contributed by atoms with Crippen molar-refractivity contribution in [3.63, 3.8) is 0 Å². The molecule has 3 rings (SSSR count). The molecule has 2 aromatic rings. The van der Waals surface area contributed by atoms with E-state index in [1.54, 1.807) is 31.4 Å². The lowest BCUT2D eigenvalue weighted by molar-refractivity contribution is 0.102. The molecule has 1 aliphatic rings. The zero-order valence-electron chi connectivity index (χ0n) is 11.8. The molecule has 0 saturated heterocycles. The second-order valence-corrected chi connectivity index (χ2v) is 6.16. The van der Waals surface area contributed by atoms with Gasteiger partial charge in [-0.1, -0.05) is 6.07 Å². The molecular weight excluding hydrogens is 286 g/mol. The number of rotatable bonds is 3. The number of fused-ring (bicyclic) bond motifs is 1. The molecule has 1 aromatic carbocycles. The van der Waals surface area contributed by atoms with Crippen LogP contribution in [0.25, 0.3) is 0 Å². The summed E-state index contributed by atoms with van der Waals surface area (Å²) in [6.45, 7) is 0. The van der Waals surface area contributed by atoms with E-state index >= 15 is 0 Å². The molecule has 110 valence electrons. The molecular formula is C15H17N3O2S. The molecule has 1 amide bonds. The number of carbonyl (C=O) groups excluding carboxylic acids is 1. The van der Waals surface area contributed by atoms with Gasteiger partial charge in [0.05, 0.1) is 12.8 Å². The van der Waals surface area contributed by atoms with Crippen LogP contribution >= 0.6 is 11.3 Å². The van der Waals surface area contributed by atoms with E-state index in [0.29, 0.717) is 16.4 Å². The summed E-state index contributed by atoms with van der Waals surface area (Å²) in [4.78, 5) is 17.9. The summed E-state index contributed by atoms with van der Waals surface area (Å²) in [6.07, 6.45) is 2.70. The van der Waals surface area contributed by atoms with E-state index < -0.39 is 0 Å². The molecule has 0 spiro atoms. The predicted octanol–water partition coefficient (Wildman–Crippen LogP) is 2.22. The number of aromatic nitrogens is 1. The molecule has 21 heavy (non-hydrogen) atoms. The first kappa shape index (κ1) is 14.0. The van der Waals surface area contributed by atoms with E-state index in [9.17, 15) is 4.79 Å². The van der Waals surface area contributed by atoms with Crippen LogP contribution in [0.3, 0.4) is 0 Å². The fourth-order valence-electron chi connectivity index (χ4n) is 2.39. The third kappa shape index (κ3) is 3.06. The standard InChI is InChI=1S/C15H17N3O2S/c1-20-11-4-2-3-9(7-11)14(19)18-15-17-12-6-5-10(16)8-13(12)21-15/h2-4,7,10H,5-6,8,16H2,1H3,(H,17,18,19)/t10-/m0/s1. The fraction of sp³-hybridized carbons (Fsp3) is 0.333. The zero-order chi connectivity index (χ0) is 14.8. The number of benzene rings is 1. The third-order valence-electron chi connectivity index (χ3n) is 3.53. The van der Waals surface area contributed by atoms with Gasteiger partial charge in [0, 0.05) is 16.5 Å². The van der Waals surface area contributed by atoms with Crippen LogP contribution in [0, 0.1) is 0 Å². The van der Waals surface area contributed by atoms with E-state index in [-0.39, 0.29) is 11.9 Å². The number of hydrogen-bond donors (Lipinski definition) is 2. The molecule has 3 N–H and O–H groups in total. The topological polar surface area (TPSA) is 77.2 Å². The Labute approximate surface area is 127 Å². The predicted molar refractivity (Wildman–Crippen MR) is 83.1 cm³/mol. The number of anilines is 1. The fourth-order valence-corrected chi connectivity index (χ4v) is 3.48. The number of hydrogen-bond acceptors (Lipinski definition) is 5. The highest BCUT2D eigenvalue weighted by Crippen LogP contribution is 2.29. The quantitative estimate of drug-likeness (QED) is 0.911. The highest BCUT2D eigenvalue weighted by atomic mass is 32.1. The summed E-state index contributed by atoms with van der Waals surface area (Å²) in [7, 11) is 1.58. The van der Waals surface area contributed by atoms with Crippen molar-refractivity contribution in [1.29, 1.82) is 0 Å². The SMILES string of the molecule is COc1cccc(C(=O)Nc2nc3c(s2)C[C@@H](N)CC3)c1. The van der Waals surface area contributed by atoms with Gasteiger partial charge in [0.1, 0.15) is 5.75 Å². The van der Waals surface area contributed by atoms with Crippen LogP contribution in [0.2, 0.25) is 0 Å². The number of nitrogens with two attached hydrogens (primary N) is 1. The lowest BCUT2D eigenvalue weighted by Gasteiger charge is -2.15. The second-order valence-electron chi connectivity index (χ2n) is 5.08. The van der Waals surface area contributed by atoms with Crippen LogP contribution in [-0.2, 0) is 12.8 Å². The first-order valence-corrected chi connectivity index (χ1v) is 7.67. The Bertz CT molecular complexity index is 669. The molecule has 1 atom stereocenters. The van der Waals surface area contributed by atoms with Crippen molar-refractivity contribution < 1.29 is 9.53 Å². The maximum absolute atomic E-state index is 12.2. The van der Waals surface area contributed by atoms with Gasteiger partial charge < -0.3 is 10.5 Å². The second kappa shape index (κ2) is 5.83. The van der Waals surface area contributed by atoms with Gasteiger partial charge in [-0.05, 0) is 37.5 Å². The first-order chi connectivity index (χ1) is 10.2.